The molecule has 2 saturated heterocycles. The Morgan fingerprint density at radius 3 is 1.66 bits per heavy atom. The zero-order valence-electron chi connectivity index (χ0n) is 22.7. The molecule has 0 atom stereocenters. The maximum atomic E-state index is 4.71. The van der Waals surface area contributed by atoms with Gasteiger partial charge in [-0.3, -0.25) is 0 Å². The lowest BCUT2D eigenvalue weighted by Crippen LogP contribution is -3.00. The Morgan fingerprint density at radius 1 is 0.711 bits per heavy atom. The highest BCUT2D eigenvalue weighted by molar-refractivity contribution is 5.80. The maximum Gasteiger partial charge on any atom is 0.307 e. The van der Waals surface area contributed by atoms with Gasteiger partial charge in [0.2, 0.25) is 0 Å². The molecular formula is C29H39ClN8. The van der Waals surface area contributed by atoms with Crippen LogP contribution in [0, 0.1) is 0 Å². The molecule has 0 saturated carbocycles. The molecule has 202 valence electrons. The first-order valence-electron chi connectivity index (χ1n) is 13.4. The number of benzene rings is 2. The summed E-state index contributed by atoms with van der Waals surface area (Å²) in [5.41, 5.74) is 4.74. The fraction of sp³-hybridized carbons (Fsp3) is 0.414. The Balaban J connectivity index is 0.00000336. The minimum absolute atomic E-state index is 0. The van der Waals surface area contributed by atoms with Gasteiger partial charge in [-0.05, 0) is 49.5 Å². The van der Waals surface area contributed by atoms with Gasteiger partial charge in [0.15, 0.2) is 12.4 Å². The number of hydrogen-bond acceptors (Lipinski definition) is 6. The van der Waals surface area contributed by atoms with Gasteiger partial charge in [-0.15, -0.1) is 9.35 Å². The number of rotatable bonds is 7. The molecule has 2 aliphatic heterocycles. The molecule has 0 amide bonds. The lowest BCUT2D eigenvalue weighted by molar-refractivity contribution is -0.685. The molecule has 2 aliphatic rings. The SMILES string of the molecule is CCc1n(N=Cc2ccc(N3CCN(C)CC3)cc2)cc[n+]1N=Cc1ccc(N2CCN(C)CC2)cc1.[Cl-]. The van der Waals surface area contributed by atoms with Crippen molar-refractivity contribution in [3.8, 4) is 0 Å². The summed E-state index contributed by atoms with van der Waals surface area (Å²) in [6.07, 6.45) is 8.58. The summed E-state index contributed by atoms with van der Waals surface area (Å²) in [5, 5.41) is 9.42. The Hall–Kier alpha value is -3.20. The molecule has 3 aromatic rings. The molecule has 0 unspecified atom stereocenters. The lowest BCUT2D eigenvalue weighted by Gasteiger charge is -2.34. The van der Waals surface area contributed by atoms with Crippen LogP contribution in [0.2, 0.25) is 0 Å². The van der Waals surface area contributed by atoms with Crippen molar-refractivity contribution in [2.45, 2.75) is 13.3 Å². The third kappa shape index (κ3) is 6.81. The fourth-order valence-corrected chi connectivity index (χ4v) is 4.87. The minimum atomic E-state index is 0. The second kappa shape index (κ2) is 13.0. The summed E-state index contributed by atoms with van der Waals surface area (Å²) in [7, 11) is 4.37. The number of imidazole rings is 1. The maximum absolute atomic E-state index is 4.71. The van der Waals surface area contributed by atoms with Gasteiger partial charge >= 0.3 is 5.82 Å². The van der Waals surface area contributed by atoms with Gasteiger partial charge < -0.3 is 32.0 Å². The summed E-state index contributed by atoms with van der Waals surface area (Å²) in [5.74, 6) is 1.02. The van der Waals surface area contributed by atoms with Crippen LogP contribution in [-0.4, -0.2) is 93.4 Å². The first-order valence-corrected chi connectivity index (χ1v) is 13.4. The van der Waals surface area contributed by atoms with Gasteiger partial charge in [-0.25, -0.2) is 0 Å². The first-order chi connectivity index (χ1) is 18.1. The van der Waals surface area contributed by atoms with Crippen molar-refractivity contribution in [3.05, 3.63) is 77.9 Å². The van der Waals surface area contributed by atoms with Crippen LogP contribution in [0.5, 0.6) is 0 Å². The molecule has 1 aromatic heterocycles. The van der Waals surface area contributed by atoms with Crippen molar-refractivity contribution in [1.82, 2.24) is 14.5 Å². The molecule has 38 heavy (non-hydrogen) atoms. The first kappa shape index (κ1) is 27.8. The normalized spacial score (nSPS) is 17.4. The third-order valence-corrected chi connectivity index (χ3v) is 7.38. The van der Waals surface area contributed by atoms with Gasteiger partial charge in [0, 0.05) is 63.7 Å². The Labute approximate surface area is 232 Å². The summed E-state index contributed by atoms with van der Waals surface area (Å²) >= 11 is 0. The molecule has 9 heteroatoms. The van der Waals surface area contributed by atoms with E-state index in [1.54, 1.807) is 0 Å². The van der Waals surface area contributed by atoms with E-state index in [4.69, 9.17) is 10.2 Å². The molecule has 0 bridgehead atoms. The van der Waals surface area contributed by atoms with Crippen LogP contribution in [0.1, 0.15) is 23.9 Å². The highest BCUT2D eigenvalue weighted by atomic mass is 35.5. The molecule has 8 nitrogen and oxygen atoms in total. The quantitative estimate of drug-likeness (QED) is 0.306. The predicted octanol–water partition coefficient (Wildman–Crippen LogP) is -0.390. The summed E-state index contributed by atoms with van der Waals surface area (Å²) in [6, 6.07) is 17.4. The average molecular weight is 535 g/mol. The van der Waals surface area contributed by atoms with E-state index >= 15 is 0 Å². The molecular weight excluding hydrogens is 496 g/mol. The van der Waals surface area contributed by atoms with Crippen molar-refractivity contribution in [2.75, 3.05) is 76.3 Å². The van der Waals surface area contributed by atoms with Gasteiger partial charge in [0.25, 0.3) is 0 Å². The summed E-state index contributed by atoms with van der Waals surface area (Å²) in [4.78, 5) is 9.65. The summed E-state index contributed by atoms with van der Waals surface area (Å²) in [6.45, 7) is 10.9. The van der Waals surface area contributed by atoms with Gasteiger partial charge in [-0.2, -0.15) is 0 Å². The van der Waals surface area contributed by atoms with Crippen molar-refractivity contribution < 1.29 is 17.1 Å². The zero-order valence-corrected chi connectivity index (χ0v) is 23.5. The lowest BCUT2D eigenvalue weighted by atomic mass is 10.2. The van der Waals surface area contributed by atoms with Crippen LogP contribution >= 0.6 is 0 Å². The standard InChI is InChI=1S/C29H39N8.ClH/c1-4-29-36(30-23-25-5-9-27(10-6-25)34-17-13-32(2)14-18-34)21-22-37(29)31-24-26-7-11-28(12-8-26)35-19-15-33(3)16-20-35;/h5-12,21-24H,4,13-20H2,1-3H3;1H/q+1;/p-1. The molecule has 5 rings (SSSR count). The molecule has 3 heterocycles. The molecule has 0 aliphatic carbocycles. The van der Waals surface area contributed by atoms with Crippen LogP contribution in [-0.2, 0) is 6.42 Å². The van der Waals surface area contributed by atoms with Gasteiger partial charge in [0.1, 0.15) is 0 Å². The number of piperazine rings is 2. The number of nitrogens with zero attached hydrogens (tertiary/aromatic N) is 8. The van der Waals surface area contributed by atoms with Crippen molar-refractivity contribution >= 4 is 23.8 Å². The predicted molar refractivity (Wildman–Crippen MR) is 152 cm³/mol. The van der Waals surface area contributed by atoms with Crippen LogP contribution in [0.3, 0.4) is 0 Å². The highest BCUT2D eigenvalue weighted by Crippen LogP contribution is 2.17. The van der Waals surface area contributed by atoms with Gasteiger partial charge in [-0.1, -0.05) is 41.4 Å². The van der Waals surface area contributed by atoms with E-state index in [0.29, 0.717) is 0 Å². The van der Waals surface area contributed by atoms with Crippen LogP contribution < -0.4 is 26.9 Å². The smallest absolute Gasteiger partial charge is 0.307 e. The minimum Gasteiger partial charge on any atom is -1.00 e. The zero-order chi connectivity index (χ0) is 25.6. The largest absolute Gasteiger partial charge is 1.00 e. The van der Waals surface area contributed by atoms with Crippen LogP contribution in [0.4, 0.5) is 11.4 Å². The number of anilines is 2. The fourth-order valence-electron chi connectivity index (χ4n) is 4.87. The molecule has 0 N–H and O–H groups in total. The Kier molecular flexibility index (Phi) is 9.55. The second-order valence-corrected chi connectivity index (χ2v) is 10.0. The Morgan fingerprint density at radius 2 is 1.18 bits per heavy atom. The average Bonchev–Trinajstić information content (AvgIpc) is 3.34. The van der Waals surface area contributed by atoms with E-state index in [1.165, 1.54) is 11.4 Å². The van der Waals surface area contributed by atoms with E-state index in [-0.39, 0.29) is 12.4 Å². The highest BCUT2D eigenvalue weighted by Gasteiger charge is 2.16. The van der Waals surface area contributed by atoms with E-state index in [9.17, 15) is 0 Å². The Bertz CT molecular complexity index is 1110. The van der Waals surface area contributed by atoms with E-state index in [1.807, 2.05) is 34.2 Å². The van der Waals surface area contributed by atoms with Gasteiger partial charge in [0.05, 0.1) is 18.9 Å². The monoisotopic (exact) mass is 534 g/mol. The number of aromatic nitrogens is 2. The second-order valence-electron chi connectivity index (χ2n) is 10.0. The molecule has 0 radical (unpaired) electrons. The molecule has 0 spiro atoms. The third-order valence-electron chi connectivity index (χ3n) is 7.38. The molecule has 2 aromatic carbocycles. The van der Waals surface area contributed by atoms with Crippen LogP contribution in [0.15, 0.2) is 71.1 Å². The van der Waals surface area contributed by atoms with E-state index in [2.05, 4.69) is 89.1 Å². The van der Waals surface area contributed by atoms with Crippen molar-refractivity contribution in [1.29, 1.82) is 0 Å². The van der Waals surface area contributed by atoms with Crippen molar-refractivity contribution in [3.63, 3.8) is 0 Å². The summed E-state index contributed by atoms with van der Waals surface area (Å²) < 4.78 is 3.81. The number of likely N-dealkylation sites (N-methyl/N-ethyl adjacent to an activating group) is 2. The van der Waals surface area contributed by atoms with Crippen LogP contribution in [0.25, 0.3) is 0 Å². The number of halogens is 1. The topological polar surface area (TPSA) is 46.5 Å². The van der Waals surface area contributed by atoms with Crippen molar-refractivity contribution in [2.24, 2.45) is 10.2 Å². The molecule has 2 fully saturated rings. The van der Waals surface area contributed by atoms with E-state index < -0.39 is 0 Å². The number of hydrogen-bond donors (Lipinski definition) is 0. The van der Waals surface area contributed by atoms with E-state index in [0.717, 1.165) is 75.7 Å².